The first-order chi connectivity index (χ1) is 8.67. The number of rotatable bonds is 5. The first kappa shape index (κ1) is 13.7. The Kier molecular flexibility index (Phi) is 4.56. The molecule has 1 spiro atoms. The molecule has 0 unspecified atom stereocenters. The van der Waals surface area contributed by atoms with Gasteiger partial charge in [0.15, 0.2) is 0 Å². The zero-order valence-electron chi connectivity index (χ0n) is 11.0. The second-order valence-corrected chi connectivity index (χ2v) is 5.23. The SMILES string of the molecule is CC(/C=C/[C@@H]1C[C@]2(CO2)C[C@@H](CN)O1)=C\CCO. The number of allylic oxidation sites excluding steroid dienone is 2. The Balaban J connectivity index is 1.90. The molecule has 2 aliphatic rings. The third-order valence-electron chi connectivity index (χ3n) is 3.52. The Bertz CT molecular complexity index is 334. The van der Waals surface area contributed by atoms with Crippen molar-refractivity contribution in [1.29, 1.82) is 0 Å². The summed E-state index contributed by atoms with van der Waals surface area (Å²) in [6.45, 7) is 3.61. The maximum Gasteiger partial charge on any atom is 0.0969 e. The van der Waals surface area contributed by atoms with Gasteiger partial charge in [-0.2, -0.15) is 0 Å². The number of hydrogen-bond acceptors (Lipinski definition) is 4. The van der Waals surface area contributed by atoms with E-state index in [1.54, 1.807) is 0 Å². The summed E-state index contributed by atoms with van der Waals surface area (Å²) in [7, 11) is 0. The molecule has 2 fully saturated rings. The Morgan fingerprint density at radius 3 is 2.89 bits per heavy atom. The van der Waals surface area contributed by atoms with Gasteiger partial charge in [-0.05, 0) is 13.3 Å². The molecule has 0 bridgehead atoms. The van der Waals surface area contributed by atoms with Gasteiger partial charge in [0.1, 0.15) is 0 Å². The monoisotopic (exact) mass is 253 g/mol. The Morgan fingerprint density at radius 2 is 2.28 bits per heavy atom. The molecule has 2 heterocycles. The fourth-order valence-corrected chi connectivity index (χ4v) is 2.42. The molecule has 0 saturated carbocycles. The fraction of sp³-hybridized carbons (Fsp3) is 0.714. The first-order valence-corrected chi connectivity index (χ1v) is 6.63. The van der Waals surface area contributed by atoms with Gasteiger partial charge in [0.2, 0.25) is 0 Å². The minimum absolute atomic E-state index is 0.0417. The molecule has 0 aromatic rings. The average molecular weight is 253 g/mol. The van der Waals surface area contributed by atoms with Crippen molar-refractivity contribution in [1.82, 2.24) is 0 Å². The summed E-state index contributed by atoms with van der Waals surface area (Å²) in [6.07, 6.45) is 8.89. The smallest absolute Gasteiger partial charge is 0.0969 e. The lowest BCUT2D eigenvalue weighted by Crippen LogP contribution is -2.40. The molecule has 4 heteroatoms. The van der Waals surface area contributed by atoms with Crippen molar-refractivity contribution in [2.24, 2.45) is 5.73 Å². The summed E-state index contributed by atoms with van der Waals surface area (Å²) >= 11 is 0. The van der Waals surface area contributed by atoms with Crippen molar-refractivity contribution >= 4 is 0 Å². The predicted octanol–water partition coefficient (Wildman–Crippen LogP) is 1.15. The van der Waals surface area contributed by atoms with E-state index in [2.05, 4.69) is 12.2 Å². The number of aliphatic hydroxyl groups excluding tert-OH is 1. The second kappa shape index (κ2) is 5.97. The minimum Gasteiger partial charge on any atom is -0.396 e. The zero-order valence-corrected chi connectivity index (χ0v) is 11.0. The molecule has 18 heavy (non-hydrogen) atoms. The molecule has 0 aromatic heterocycles. The number of ether oxygens (including phenoxy) is 2. The summed E-state index contributed by atoms with van der Waals surface area (Å²) < 4.78 is 11.5. The molecule has 2 saturated heterocycles. The minimum atomic E-state index is 0.0417. The van der Waals surface area contributed by atoms with E-state index >= 15 is 0 Å². The highest BCUT2D eigenvalue weighted by Gasteiger charge is 2.50. The lowest BCUT2D eigenvalue weighted by atomic mass is 9.91. The van der Waals surface area contributed by atoms with Gasteiger partial charge in [-0.25, -0.2) is 0 Å². The van der Waals surface area contributed by atoms with E-state index in [0.29, 0.717) is 13.0 Å². The Hall–Kier alpha value is -0.680. The second-order valence-electron chi connectivity index (χ2n) is 5.23. The van der Waals surface area contributed by atoms with Gasteiger partial charge >= 0.3 is 0 Å². The first-order valence-electron chi connectivity index (χ1n) is 6.63. The van der Waals surface area contributed by atoms with Crippen molar-refractivity contribution in [3.63, 3.8) is 0 Å². The van der Waals surface area contributed by atoms with Crippen LogP contribution in [0, 0.1) is 0 Å². The molecule has 0 amide bonds. The van der Waals surface area contributed by atoms with Gasteiger partial charge in [0.25, 0.3) is 0 Å². The van der Waals surface area contributed by atoms with Gasteiger partial charge in [-0.1, -0.05) is 23.8 Å². The summed E-state index contributed by atoms with van der Waals surface area (Å²) in [6, 6.07) is 0. The summed E-state index contributed by atoms with van der Waals surface area (Å²) in [4.78, 5) is 0. The molecule has 3 atom stereocenters. The van der Waals surface area contributed by atoms with E-state index in [9.17, 15) is 0 Å². The van der Waals surface area contributed by atoms with Crippen LogP contribution in [0.25, 0.3) is 0 Å². The maximum absolute atomic E-state index is 8.75. The van der Waals surface area contributed by atoms with Crippen molar-refractivity contribution in [2.45, 2.75) is 44.0 Å². The van der Waals surface area contributed by atoms with E-state index < -0.39 is 0 Å². The molecule has 102 valence electrons. The Labute approximate surface area is 108 Å². The molecule has 0 aliphatic carbocycles. The molecule has 4 nitrogen and oxygen atoms in total. The topological polar surface area (TPSA) is 68.0 Å². The zero-order chi connectivity index (χ0) is 13.0. The molecular formula is C14H23NO3. The van der Waals surface area contributed by atoms with Crippen LogP contribution >= 0.6 is 0 Å². The molecule has 2 rings (SSSR count). The third-order valence-corrected chi connectivity index (χ3v) is 3.52. The highest BCUT2D eigenvalue weighted by molar-refractivity contribution is 5.18. The lowest BCUT2D eigenvalue weighted by Gasteiger charge is -2.32. The summed E-state index contributed by atoms with van der Waals surface area (Å²) in [5, 5.41) is 8.75. The molecule has 2 aliphatic heterocycles. The number of hydrogen-bond donors (Lipinski definition) is 2. The summed E-state index contributed by atoms with van der Waals surface area (Å²) in [5.74, 6) is 0. The van der Waals surface area contributed by atoms with Gasteiger partial charge < -0.3 is 20.3 Å². The van der Waals surface area contributed by atoms with Crippen LogP contribution in [0.4, 0.5) is 0 Å². The third kappa shape index (κ3) is 3.65. The highest BCUT2D eigenvalue weighted by atomic mass is 16.6. The number of aliphatic hydroxyl groups is 1. The summed E-state index contributed by atoms with van der Waals surface area (Å²) in [5.41, 5.74) is 6.88. The highest BCUT2D eigenvalue weighted by Crippen LogP contribution is 2.42. The predicted molar refractivity (Wildman–Crippen MR) is 70.2 cm³/mol. The molecule has 3 N–H and O–H groups in total. The molecular weight excluding hydrogens is 230 g/mol. The van der Waals surface area contributed by atoms with Crippen LogP contribution in [-0.2, 0) is 9.47 Å². The van der Waals surface area contributed by atoms with Crippen LogP contribution in [0.2, 0.25) is 0 Å². The van der Waals surface area contributed by atoms with Gasteiger partial charge in [0.05, 0.1) is 24.4 Å². The van der Waals surface area contributed by atoms with Gasteiger partial charge in [-0.15, -0.1) is 0 Å². The van der Waals surface area contributed by atoms with Crippen LogP contribution in [0.3, 0.4) is 0 Å². The number of nitrogens with two attached hydrogens (primary N) is 1. The fourth-order valence-electron chi connectivity index (χ4n) is 2.42. The van der Waals surface area contributed by atoms with E-state index in [4.69, 9.17) is 20.3 Å². The van der Waals surface area contributed by atoms with E-state index in [1.165, 1.54) is 0 Å². The largest absolute Gasteiger partial charge is 0.396 e. The van der Waals surface area contributed by atoms with Crippen LogP contribution in [-0.4, -0.2) is 42.7 Å². The molecule has 0 radical (unpaired) electrons. The standard InChI is InChI=1S/C14H23NO3/c1-11(3-2-6-16)4-5-12-7-14(10-17-14)8-13(9-15)18-12/h3-5,12-13,16H,2,6-10,15H2,1H3/b5-4+,11-3+/t12-,13+,14-/m1/s1. The van der Waals surface area contributed by atoms with Gasteiger partial charge in [0, 0.05) is 26.0 Å². The van der Waals surface area contributed by atoms with E-state index in [-0.39, 0.29) is 24.4 Å². The lowest BCUT2D eigenvalue weighted by molar-refractivity contribution is -0.0513. The normalized spacial score (nSPS) is 36.5. The van der Waals surface area contributed by atoms with E-state index in [1.807, 2.05) is 13.0 Å². The van der Waals surface area contributed by atoms with Crippen LogP contribution < -0.4 is 5.73 Å². The maximum atomic E-state index is 8.75. The van der Waals surface area contributed by atoms with Crippen LogP contribution in [0.5, 0.6) is 0 Å². The van der Waals surface area contributed by atoms with Crippen molar-refractivity contribution < 1.29 is 14.6 Å². The van der Waals surface area contributed by atoms with Crippen molar-refractivity contribution in [2.75, 3.05) is 19.8 Å². The van der Waals surface area contributed by atoms with Gasteiger partial charge in [-0.3, -0.25) is 0 Å². The quantitative estimate of drug-likeness (QED) is 0.569. The average Bonchev–Trinajstić information content (AvgIpc) is 3.12. The van der Waals surface area contributed by atoms with Crippen LogP contribution in [0.1, 0.15) is 26.2 Å². The molecule has 0 aromatic carbocycles. The van der Waals surface area contributed by atoms with Crippen molar-refractivity contribution in [3.8, 4) is 0 Å². The number of epoxide rings is 1. The van der Waals surface area contributed by atoms with Crippen LogP contribution in [0.15, 0.2) is 23.8 Å². The van der Waals surface area contributed by atoms with E-state index in [0.717, 1.165) is 25.0 Å². The van der Waals surface area contributed by atoms with Crippen molar-refractivity contribution in [3.05, 3.63) is 23.8 Å². The Morgan fingerprint density at radius 1 is 1.50 bits per heavy atom.